The number of aliphatic carboxylic acids is 1. The van der Waals surface area contributed by atoms with Gasteiger partial charge in [-0.2, -0.15) is 0 Å². The zero-order chi connectivity index (χ0) is 53.1. The minimum Gasteiger partial charge on any atom is -0.508 e. The molecular weight excluding hydrogens is 935 g/mol. The number of rotatable bonds is 27. The third-order valence-electron chi connectivity index (χ3n) is 11.8. The largest absolute Gasteiger partial charge is 0.508 e. The number of aliphatic imine (C=N–C) groups is 1. The molecule has 7 atom stereocenters. The maximum Gasteiger partial charge on any atom is 0.330 e. The van der Waals surface area contributed by atoms with Crippen LogP contribution in [-0.4, -0.2) is 134 Å². The highest BCUT2D eigenvalue weighted by Gasteiger charge is 2.41. The molecule has 1 unspecified atom stereocenters. The Kier molecular flexibility index (Phi) is 21.5. The lowest BCUT2D eigenvalue weighted by Gasteiger charge is -2.31. The van der Waals surface area contributed by atoms with Gasteiger partial charge < -0.3 is 69.2 Å². The van der Waals surface area contributed by atoms with Crippen LogP contribution in [0.2, 0.25) is 0 Å². The number of benzene rings is 2. The van der Waals surface area contributed by atoms with Gasteiger partial charge >= 0.3 is 5.97 Å². The molecule has 3 aromatic rings. The molecule has 24 heteroatoms. The number of guanidine groups is 1. The van der Waals surface area contributed by atoms with E-state index >= 15 is 0 Å². The summed E-state index contributed by atoms with van der Waals surface area (Å²) in [5.74, 6) is -8.59. The lowest BCUT2D eigenvalue weighted by atomic mass is 9.98. The maximum atomic E-state index is 14.5. The number of aromatic nitrogens is 2. The molecule has 0 aliphatic carbocycles. The fourth-order valence-corrected chi connectivity index (χ4v) is 7.94. The predicted molar refractivity (Wildman–Crippen MR) is 261 cm³/mol. The summed E-state index contributed by atoms with van der Waals surface area (Å²) >= 11 is 0. The van der Waals surface area contributed by atoms with Gasteiger partial charge in [-0.05, 0) is 60.8 Å². The van der Waals surface area contributed by atoms with Gasteiger partial charge in [-0.15, -0.1) is 0 Å². The molecule has 15 N–H and O–H groups in total. The SMILES string of the molecule is CC(C)[C@H](NC(=O)[C@H](CCCN=C(N)N)NC(=O)CCC(N)=O)C(=O)N[C@@H](Cc1ccc(O)cc1)C(=O)N[C@H](C(=O)N[C@@H](Cc1cnc[nH]1)C(=O)N1CCC[C@H]1C(=O)NC(C(=O)O)c1ccccc1)C(C)C. The Hall–Kier alpha value is -8.05. The molecule has 1 aliphatic rings. The van der Waals surface area contributed by atoms with Crippen LogP contribution in [0.3, 0.4) is 0 Å². The molecule has 72 heavy (non-hydrogen) atoms. The normalized spacial score (nSPS) is 15.7. The van der Waals surface area contributed by atoms with E-state index in [-0.39, 0.29) is 69.7 Å². The molecule has 1 aromatic heterocycles. The van der Waals surface area contributed by atoms with E-state index in [0.717, 1.165) is 0 Å². The fraction of sp³-hybridized carbons (Fsp3) is 0.479. The molecule has 8 amide bonds. The van der Waals surface area contributed by atoms with E-state index < -0.39 is 107 Å². The lowest BCUT2D eigenvalue weighted by molar-refractivity contribution is -0.145. The Morgan fingerprint density at radius 1 is 0.750 bits per heavy atom. The van der Waals surface area contributed by atoms with E-state index in [2.05, 4.69) is 46.9 Å². The molecule has 24 nitrogen and oxygen atoms in total. The molecular formula is C48H67N13O11. The van der Waals surface area contributed by atoms with Crippen LogP contribution >= 0.6 is 0 Å². The van der Waals surface area contributed by atoms with Crippen LogP contribution in [0.4, 0.5) is 0 Å². The summed E-state index contributed by atoms with van der Waals surface area (Å²) in [6, 6.07) is 4.98. The number of carboxylic acids is 1. The summed E-state index contributed by atoms with van der Waals surface area (Å²) in [4.78, 5) is 133. The van der Waals surface area contributed by atoms with Gasteiger partial charge in [0.2, 0.25) is 47.3 Å². The molecule has 1 fully saturated rings. The van der Waals surface area contributed by atoms with Crippen LogP contribution in [0.25, 0.3) is 0 Å². The summed E-state index contributed by atoms with van der Waals surface area (Å²) in [6.07, 6.45) is 2.92. The average molecular weight is 1000 g/mol. The Morgan fingerprint density at radius 3 is 1.92 bits per heavy atom. The van der Waals surface area contributed by atoms with Crippen molar-refractivity contribution >= 4 is 59.2 Å². The zero-order valence-corrected chi connectivity index (χ0v) is 40.8. The Labute approximate surface area is 416 Å². The molecule has 1 saturated heterocycles. The molecule has 0 saturated carbocycles. The van der Waals surface area contributed by atoms with Crippen molar-refractivity contribution in [2.75, 3.05) is 13.1 Å². The van der Waals surface area contributed by atoms with Gasteiger partial charge in [0.25, 0.3) is 0 Å². The predicted octanol–water partition coefficient (Wildman–Crippen LogP) is -1.11. The first-order valence-corrected chi connectivity index (χ1v) is 23.6. The summed E-state index contributed by atoms with van der Waals surface area (Å²) in [6.45, 7) is 6.84. The third kappa shape index (κ3) is 17.4. The number of aromatic hydroxyl groups is 1. The number of hydrogen-bond acceptors (Lipinski definition) is 12. The molecule has 2 heterocycles. The topological polar surface area (TPSA) is 389 Å². The summed E-state index contributed by atoms with van der Waals surface area (Å²) in [5.41, 5.74) is 17.3. The number of imidazole rings is 1. The fourth-order valence-electron chi connectivity index (χ4n) is 7.94. The van der Waals surface area contributed by atoms with E-state index in [9.17, 15) is 53.4 Å². The second kappa shape index (κ2) is 27.4. The highest BCUT2D eigenvalue weighted by atomic mass is 16.4. The Bertz CT molecular complexity index is 2380. The number of phenolic OH excluding ortho intramolecular Hbond substituents is 1. The number of nitrogens with zero attached hydrogens (tertiary/aromatic N) is 3. The van der Waals surface area contributed by atoms with Crippen molar-refractivity contribution in [2.24, 2.45) is 34.0 Å². The lowest BCUT2D eigenvalue weighted by Crippen LogP contribution is -2.61. The van der Waals surface area contributed by atoms with Gasteiger partial charge in [0.15, 0.2) is 12.0 Å². The Morgan fingerprint density at radius 2 is 1.36 bits per heavy atom. The minimum absolute atomic E-state index is 0.0339. The number of likely N-dealkylation sites (tertiary alicyclic amines) is 1. The number of nitrogens with one attached hydrogen (secondary N) is 7. The van der Waals surface area contributed by atoms with Crippen LogP contribution in [0.5, 0.6) is 5.75 Å². The minimum atomic E-state index is -1.39. The summed E-state index contributed by atoms with van der Waals surface area (Å²) in [7, 11) is 0. The molecule has 1 aliphatic heterocycles. The highest BCUT2D eigenvalue weighted by Crippen LogP contribution is 2.22. The third-order valence-corrected chi connectivity index (χ3v) is 11.8. The van der Waals surface area contributed by atoms with Crippen LogP contribution in [0.15, 0.2) is 72.1 Å². The molecule has 0 spiro atoms. The van der Waals surface area contributed by atoms with Crippen molar-refractivity contribution < 1.29 is 53.4 Å². The number of phenols is 1. The van der Waals surface area contributed by atoms with Crippen molar-refractivity contribution in [2.45, 2.75) is 121 Å². The standard InChI is InChI=1S/C48H67N13O11/c1-26(2)38(58-41(65)32(12-8-20-53-48(50)51)55-37(64)19-18-36(49)63)44(68)56-33(22-28-14-16-31(62)17-15-28)42(66)59-39(27(3)4)45(69)57-34(23-30-24-52-25-54-30)46(70)61-21-9-13-35(61)43(67)60-40(47(71)72)29-10-6-5-7-11-29/h5-7,10-11,14-17,24-27,32-35,38-40,62H,8-9,12-13,18-23H2,1-4H3,(H2,49,63)(H,52,54)(H,55,64)(H,56,68)(H,57,69)(H,58,65)(H,59,66)(H,60,67)(H,71,72)(H4,50,51,53)/t32-,33-,34-,35-,38-,39-,40?/m0/s1. The summed E-state index contributed by atoms with van der Waals surface area (Å²) in [5, 5.41) is 35.9. The van der Waals surface area contributed by atoms with E-state index in [4.69, 9.17) is 17.2 Å². The number of amides is 8. The number of hydrogen-bond donors (Lipinski definition) is 12. The van der Waals surface area contributed by atoms with Gasteiger partial charge in [0.1, 0.15) is 42.0 Å². The maximum absolute atomic E-state index is 14.5. The van der Waals surface area contributed by atoms with Crippen molar-refractivity contribution in [3.8, 4) is 5.75 Å². The quantitative estimate of drug-likeness (QED) is 0.0245. The average Bonchev–Trinajstić information content (AvgIpc) is 4.05. The van der Waals surface area contributed by atoms with Crippen LogP contribution < -0.4 is 49.1 Å². The van der Waals surface area contributed by atoms with E-state index in [0.29, 0.717) is 23.2 Å². The van der Waals surface area contributed by atoms with Gasteiger partial charge in [0.05, 0.1) is 6.33 Å². The smallest absolute Gasteiger partial charge is 0.330 e. The number of carboxylic acid groups (broad SMARTS) is 1. The van der Waals surface area contributed by atoms with E-state index in [1.54, 1.807) is 58.0 Å². The first-order valence-electron chi connectivity index (χ1n) is 23.6. The van der Waals surface area contributed by atoms with Gasteiger partial charge in [-0.3, -0.25) is 43.3 Å². The molecule has 4 rings (SSSR count). The number of primary amides is 1. The molecule has 2 aromatic carbocycles. The van der Waals surface area contributed by atoms with Crippen LogP contribution in [-0.2, 0) is 56.0 Å². The Balaban J connectivity index is 1.57. The zero-order valence-electron chi connectivity index (χ0n) is 40.8. The number of carbonyl (C=O) groups excluding carboxylic acids is 8. The van der Waals surface area contributed by atoms with Gasteiger partial charge in [-0.1, -0.05) is 70.2 Å². The highest BCUT2D eigenvalue weighted by molar-refractivity contribution is 5.98. The van der Waals surface area contributed by atoms with Crippen LogP contribution in [0, 0.1) is 11.8 Å². The van der Waals surface area contributed by atoms with Gasteiger partial charge in [-0.25, -0.2) is 9.78 Å². The molecule has 390 valence electrons. The number of H-pyrrole nitrogens is 1. The van der Waals surface area contributed by atoms with E-state index in [1.165, 1.54) is 41.7 Å². The van der Waals surface area contributed by atoms with Crippen molar-refractivity contribution in [3.05, 3.63) is 83.9 Å². The first kappa shape index (κ1) is 56.5. The van der Waals surface area contributed by atoms with Crippen molar-refractivity contribution in [1.29, 1.82) is 0 Å². The summed E-state index contributed by atoms with van der Waals surface area (Å²) < 4.78 is 0. The van der Waals surface area contributed by atoms with Crippen LogP contribution in [0.1, 0.15) is 89.1 Å². The number of carbonyl (C=O) groups is 9. The number of aromatic amines is 1. The second-order valence-electron chi connectivity index (χ2n) is 18.1. The van der Waals surface area contributed by atoms with Gasteiger partial charge in [0, 0.05) is 50.7 Å². The number of nitrogens with two attached hydrogens (primary N) is 3. The molecule has 0 bridgehead atoms. The first-order chi connectivity index (χ1) is 34.1. The van der Waals surface area contributed by atoms with Crippen molar-refractivity contribution in [1.82, 2.24) is 46.8 Å². The second-order valence-corrected chi connectivity index (χ2v) is 18.1. The van der Waals surface area contributed by atoms with Crippen molar-refractivity contribution in [3.63, 3.8) is 0 Å². The monoisotopic (exact) mass is 1000 g/mol. The van der Waals surface area contributed by atoms with E-state index in [1.807, 2.05) is 0 Å². The molecule has 0 radical (unpaired) electrons.